The van der Waals surface area contributed by atoms with Gasteiger partial charge in [-0.15, -0.1) is 0 Å². The fourth-order valence-corrected chi connectivity index (χ4v) is 5.03. The summed E-state index contributed by atoms with van der Waals surface area (Å²) in [4.78, 5) is 81.1. The molecule has 6 amide bonds. The van der Waals surface area contributed by atoms with Crippen LogP contribution in [0.4, 0.5) is 4.79 Å². The van der Waals surface area contributed by atoms with Crippen LogP contribution in [0.25, 0.3) is 11.1 Å². The van der Waals surface area contributed by atoms with Gasteiger partial charge in [0, 0.05) is 18.9 Å². The molecule has 0 saturated carbocycles. The minimum atomic E-state index is -1.24. The summed E-state index contributed by atoms with van der Waals surface area (Å²) in [6.07, 6.45) is -0.497. The van der Waals surface area contributed by atoms with Crippen molar-refractivity contribution in [2.75, 3.05) is 98.7 Å². The van der Waals surface area contributed by atoms with Crippen LogP contribution in [-0.2, 0) is 52.5 Å². The van der Waals surface area contributed by atoms with Crippen LogP contribution in [0.3, 0.4) is 0 Å². The third-order valence-corrected chi connectivity index (χ3v) is 7.67. The summed E-state index contributed by atoms with van der Waals surface area (Å²) in [6, 6.07) is 16.3. The van der Waals surface area contributed by atoms with Crippen LogP contribution in [0.15, 0.2) is 48.5 Å². The van der Waals surface area contributed by atoms with Crippen molar-refractivity contribution < 1.29 is 62.4 Å². The number of carbonyl (C=O) groups excluding carboxylic acids is 6. The first-order valence-electron chi connectivity index (χ1n) is 17.6. The number of rotatable bonds is 27. The summed E-state index contributed by atoms with van der Waals surface area (Å²) < 4.78 is 27.2. The van der Waals surface area contributed by atoms with Gasteiger partial charge in [-0.2, -0.15) is 0 Å². The number of fused-ring (bicyclic) bond motifs is 3. The second-order valence-electron chi connectivity index (χ2n) is 11.7. The van der Waals surface area contributed by atoms with Gasteiger partial charge in [0.1, 0.15) is 13.2 Å². The van der Waals surface area contributed by atoms with Crippen LogP contribution in [0.1, 0.15) is 23.5 Å². The number of nitrogens with one attached hydrogen (secondary N) is 6. The van der Waals surface area contributed by atoms with E-state index in [9.17, 15) is 33.6 Å². The Bertz CT molecular complexity index is 1550. The topological polar surface area (TPSA) is 258 Å². The predicted octanol–water partition coefficient (Wildman–Crippen LogP) is -1.35. The molecule has 0 atom stereocenters. The van der Waals surface area contributed by atoms with Gasteiger partial charge in [0.15, 0.2) is 0 Å². The molecule has 0 bridgehead atoms. The molecule has 0 fully saturated rings. The summed E-state index contributed by atoms with van der Waals surface area (Å²) >= 11 is 0. The second-order valence-corrected chi connectivity index (χ2v) is 11.7. The molecule has 0 heterocycles. The molecule has 0 radical (unpaired) electrons. The van der Waals surface area contributed by atoms with Gasteiger partial charge in [-0.1, -0.05) is 48.5 Å². The van der Waals surface area contributed by atoms with E-state index >= 15 is 0 Å². The molecule has 0 aromatic heterocycles. The van der Waals surface area contributed by atoms with Crippen LogP contribution in [0.2, 0.25) is 0 Å². The number of ether oxygens (including phenoxy) is 5. The van der Waals surface area contributed by atoms with Gasteiger partial charge in [-0.05, 0) is 22.3 Å². The normalized spacial score (nSPS) is 11.4. The molecule has 0 aliphatic heterocycles. The fourth-order valence-electron chi connectivity index (χ4n) is 5.03. The SMILES string of the molecule is O=C(O)CNC(=O)CNC(=O)CNC(=O)CNC(=O)CNC(=O)CCOCCOCCOCCOCCNC(=O)OCC1c2ccccc2-c2ccccc21. The predicted molar refractivity (Wildman–Crippen MR) is 194 cm³/mol. The number of benzene rings is 2. The Morgan fingerprint density at radius 2 is 0.891 bits per heavy atom. The standard InChI is InChI=1S/C36H48N6O13/c43-30(38-19-31(44)39-20-32(45)40-21-33(46)41-22-34(47)42-23-35(48)49)9-11-51-13-15-53-17-18-54-16-14-52-12-10-37-36(50)55-24-29-27-7-3-1-5-25(27)26-6-2-4-8-28(26)29/h1-8,29H,9-24H2,(H,37,50)(H,38,43)(H,39,44)(H,40,45)(H,41,46)(H,42,47)(H,48,49). The molecule has 300 valence electrons. The van der Waals surface area contributed by atoms with Gasteiger partial charge in [-0.3, -0.25) is 28.8 Å². The van der Waals surface area contributed by atoms with Crippen LogP contribution >= 0.6 is 0 Å². The minimum absolute atomic E-state index is 0.00137. The van der Waals surface area contributed by atoms with Crippen molar-refractivity contribution in [3.63, 3.8) is 0 Å². The van der Waals surface area contributed by atoms with Crippen LogP contribution < -0.4 is 31.9 Å². The number of amides is 6. The lowest BCUT2D eigenvalue weighted by molar-refractivity contribution is -0.137. The molecule has 2 aromatic carbocycles. The number of carboxylic acid groups (broad SMARTS) is 1. The number of carboxylic acids is 1. The molecule has 19 nitrogen and oxygen atoms in total. The third kappa shape index (κ3) is 17.8. The van der Waals surface area contributed by atoms with Crippen LogP contribution in [0.5, 0.6) is 0 Å². The molecule has 0 unspecified atom stereocenters. The van der Waals surface area contributed by atoms with Crippen molar-refractivity contribution in [3.8, 4) is 11.1 Å². The van der Waals surface area contributed by atoms with Crippen LogP contribution in [0, 0.1) is 0 Å². The maximum atomic E-state index is 12.2. The number of carbonyl (C=O) groups is 7. The Hall–Kier alpha value is -5.63. The van der Waals surface area contributed by atoms with E-state index in [1.807, 2.05) is 24.3 Å². The summed E-state index contributed by atoms with van der Waals surface area (Å²) in [6.45, 7) is 0.524. The first-order chi connectivity index (χ1) is 26.6. The molecule has 7 N–H and O–H groups in total. The van der Waals surface area contributed by atoms with Gasteiger partial charge >= 0.3 is 12.1 Å². The largest absolute Gasteiger partial charge is 0.480 e. The summed E-state index contributed by atoms with van der Waals surface area (Å²) in [5.41, 5.74) is 4.64. The van der Waals surface area contributed by atoms with E-state index in [-0.39, 0.29) is 45.3 Å². The molecule has 0 spiro atoms. The lowest BCUT2D eigenvalue weighted by Crippen LogP contribution is -2.46. The molecular formula is C36H48N6O13. The molecule has 55 heavy (non-hydrogen) atoms. The smallest absolute Gasteiger partial charge is 0.407 e. The lowest BCUT2D eigenvalue weighted by atomic mass is 9.98. The molecule has 0 saturated heterocycles. The number of alkyl carbamates (subject to hydrolysis) is 1. The summed E-state index contributed by atoms with van der Waals surface area (Å²) in [5, 5.41) is 22.3. The maximum Gasteiger partial charge on any atom is 0.407 e. The zero-order valence-corrected chi connectivity index (χ0v) is 30.4. The maximum absolute atomic E-state index is 12.2. The number of hydrogen-bond donors (Lipinski definition) is 7. The van der Waals surface area contributed by atoms with Crippen molar-refractivity contribution in [2.45, 2.75) is 12.3 Å². The van der Waals surface area contributed by atoms with Crippen molar-refractivity contribution in [3.05, 3.63) is 59.7 Å². The molecule has 1 aliphatic rings. The molecule has 1 aliphatic carbocycles. The zero-order valence-electron chi connectivity index (χ0n) is 30.4. The molecule has 3 rings (SSSR count). The van der Waals surface area contributed by atoms with E-state index in [4.69, 9.17) is 28.8 Å². The molecule has 19 heteroatoms. The van der Waals surface area contributed by atoms with Gasteiger partial charge in [0.2, 0.25) is 29.5 Å². The highest BCUT2D eigenvalue weighted by atomic mass is 16.6. The van der Waals surface area contributed by atoms with Gasteiger partial charge in [-0.25, -0.2) is 4.79 Å². The first kappa shape index (κ1) is 43.8. The van der Waals surface area contributed by atoms with Gasteiger partial charge in [0.25, 0.3) is 0 Å². The van der Waals surface area contributed by atoms with E-state index in [0.29, 0.717) is 39.6 Å². The Kier molecular flexibility index (Phi) is 20.2. The van der Waals surface area contributed by atoms with Crippen molar-refractivity contribution in [1.82, 2.24) is 31.9 Å². The number of aliphatic carboxylic acids is 1. The van der Waals surface area contributed by atoms with E-state index in [0.717, 1.165) is 11.1 Å². The van der Waals surface area contributed by atoms with Crippen LogP contribution in [-0.4, -0.2) is 145 Å². The summed E-state index contributed by atoms with van der Waals surface area (Å²) in [7, 11) is 0. The molecule has 2 aromatic rings. The monoisotopic (exact) mass is 772 g/mol. The quantitative estimate of drug-likeness (QED) is 0.0519. The number of hydrogen-bond acceptors (Lipinski definition) is 12. The Balaban J connectivity index is 1.05. The van der Waals surface area contributed by atoms with Crippen molar-refractivity contribution in [1.29, 1.82) is 0 Å². The van der Waals surface area contributed by atoms with E-state index in [2.05, 4.69) is 56.2 Å². The van der Waals surface area contributed by atoms with Gasteiger partial charge in [0.05, 0.1) is 79.0 Å². The van der Waals surface area contributed by atoms with Gasteiger partial charge < -0.3 is 60.7 Å². The molecular weight excluding hydrogens is 724 g/mol. The van der Waals surface area contributed by atoms with Crippen molar-refractivity contribution >= 4 is 41.6 Å². The second kappa shape index (κ2) is 25.4. The lowest BCUT2D eigenvalue weighted by Gasteiger charge is -2.14. The van der Waals surface area contributed by atoms with E-state index in [1.165, 1.54) is 11.1 Å². The highest BCUT2D eigenvalue weighted by molar-refractivity contribution is 5.91. The average molecular weight is 773 g/mol. The average Bonchev–Trinajstić information content (AvgIpc) is 3.50. The Morgan fingerprint density at radius 1 is 0.491 bits per heavy atom. The Labute approximate surface area is 317 Å². The third-order valence-electron chi connectivity index (χ3n) is 7.67. The van der Waals surface area contributed by atoms with Crippen molar-refractivity contribution in [2.24, 2.45) is 0 Å². The minimum Gasteiger partial charge on any atom is -0.480 e. The summed E-state index contributed by atoms with van der Waals surface area (Å²) in [5.74, 6) is -4.41. The first-order valence-corrected chi connectivity index (χ1v) is 17.6. The highest BCUT2D eigenvalue weighted by Gasteiger charge is 2.29. The highest BCUT2D eigenvalue weighted by Crippen LogP contribution is 2.44. The van der Waals surface area contributed by atoms with E-state index < -0.39 is 67.8 Å². The van der Waals surface area contributed by atoms with E-state index in [1.54, 1.807) is 0 Å². The fraction of sp³-hybridized carbons (Fsp3) is 0.472. The Morgan fingerprint density at radius 3 is 1.36 bits per heavy atom. The zero-order chi connectivity index (χ0) is 39.7.